The van der Waals surface area contributed by atoms with Gasteiger partial charge in [0.1, 0.15) is 13.2 Å². The molecule has 3 unspecified atom stereocenters. The number of aliphatic hydroxyl groups is 1. The maximum atomic E-state index is 13.0. The molecule has 0 spiro atoms. The number of aliphatic hydroxyl groups excluding tert-OH is 1. The number of amides is 1. The molecule has 0 heterocycles. The molecule has 3 atom stereocenters. The van der Waals surface area contributed by atoms with Crippen molar-refractivity contribution < 1.29 is 32.9 Å². The van der Waals surface area contributed by atoms with Gasteiger partial charge in [0.25, 0.3) is 7.82 Å². The molecule has 0 rings (SSSR count). The van der Waals surface area contributed by atoms with Gasteiger partial charge in [-0.25, -0.2) is 0 Å². The Morgan fingerprint density at radius 2 is 0.821 bits per heavy atom. The van der Waals surface area contributed by atoms with Crippen molar-refractivity contribution in [2.45, 2.75) is 315 Å². The van der Waals surface area contributed by atoms with Crippen LogP contribution in [0.15, 0.2) is 12.2 Å². The molecule has 2 N–H and O–H groups in total. The molecule has 67 heavy (non-hydrogen) atoms. The third-order valence-electron chi connectivity index (χ3n) is 13.8. The van der Waals surface area contributed by atoms with E-state index in [2.05, 4.69) is 31.3 Å². The molecule has 1 amide bonds. The van der Waals surface area contributed by atoms with E-state index >= 15 is 0 Å². The Morgan fingerprint density at radius 1 is 0.507 bits per heavy atom. The number of hydrogen-bond donors (Lipinski definition) is 2. The maximum absolute atomic E-state index is 13.0. The van der Waals surface area contributed by atoms with Crippen LogP contribution < -0.4 is 10.2 Å². The molecule has 0 aromatic rings. The van der Waals surface area contributed by atoms with Crippen molar-refractivity contribution in [1.29, 1.82) is 0 Å². The fourth-order valence-corrected chi connectivity index (χ4v) is 9.82. The van der Waals surface area contributed by atoms with E-state index in [0.29, 0.717) is 23.9 Å². The summed E-state index contributed by atoms with van der Waals surface area (Å²) in [5.74, 6) is -0.158. The SMILES string of the molecule is CCCCCCCCCC/C=C\CCCCCCCCCCCCCCCCCC(=O)NC(COP(=O)([O-])OCC[N+](C)(C)C)C(O)CCCCCCCCCCCCCCCCCCCC. The number of quaternary nitrogens is 1. The van der Waals surface area contributed by atoms with Gasteiger partial charge in [-0.3, -0.25) is 9.36 Å². The van der Waals surface area contributed by atoms with Crippen LogP contribution in [-0.4, -0.2) is 68.5 Å². The highest BCUT2D eigenvalue weighted by atomic mass is 31.2. The number of carbonyl (C=O) groups excluding carboxylic acids is 1. The zero-order chi connectivity index (χ0) is 49.2. The molecular weight excluding hydrogens is 852 g/mol. The number of nitrogens with one attached hydrogen (secondary N) is 1. The molecule has 0 aromatic carbocycles. The maximum Gasteiger partial charge on any atom is 0.268 e. The molecular formula is C58H117N2O6P. The number of unbranched alkanes of at least 4 members (excludes halogenated alkanes) is 40. The number of hydrogen-bond acceptors (Lipinski definition) is 6. The molecule has 0 aliphatic heterocycles. The molecule has 0 saturated carbocycles. The van der Waals surface area contributed by atoms with Crippen LogP contribution in [-0.2, 0) is 18.4 Å². The Labute approximate surface area is 418 Å². The van der Waals surface area contributed by atoms with E-state index in [1.54, 1.807) is 0 Å². The monoisotopic (exact) mass is 969 g/mol. The van der Waals surface area contributed by atoms with E-state index in [1.807, 2.05) is 21.1 Å². The Balaban J connectivity index is 4.09. The first-order valence-corrected chi connectivity index (χ1v) is 31.0. The second kappa shape index (κ2) is 50.2. The van der Waals surface area contributed by atoms with Gasteiger partial charge in [0, 0.05) is 6.42 Å². The number of nitrogens with zero attached hydrogens (tertiary/aromatic N) is 1. The third kappa shape index (κ3) is 52.9. The molecule has 0 bridgehead atoms. The lowest BCUT2D eigenvalue weighted by Crippen LogP contribution is -2.46. The van der Waals surface area contributed by atoms with Crippen molar-refractivity contribution in [2.75, 3.05) is 40.9 Å². The fraction of sp³-hybridized carbons (Fsp3) is 0.948. The average molecular weight is 970 g/mol. The third-order valence-corrected chi connectivity index (χ3v) is 14.7. The predicted octanol–water partition coefficient (Wildman–Crippen LogP) is 17.2. The van der Waals surface area contributed by atoms with Gasteiger partial charge in [0.2, 0.25) is 5.91 Å². The highest BCUT2D eigenvalue weighted by Crippen LogP contribution is 2.38. The van der Waals surface area contributed by atoms with Crippen molar-refractivity contribution in [1.82, 2.24) is 5.32 Å². The van der Waals surface area contributed by atoms with Gasteiger partial charge in [0.15, 0.2) is 0 Å². The van der Waals surface area contributed by atoms with E-state index in [0.717, 1.165) is 38.5 Å². The van der Waals surface area contributed by atoms with Gasteiger partial charge in [-0.15, -0.1) is 0 Å². The van der Waals surface area contributed by atoms with Crippen molar-refractivity contribution in [3.05, 3.63) is 12.2 Å². The van der Waals surface area contributed by atoms with Crippen molar-refractivity contribution in [3.8, 4) is 0 Å². The summed E-state index contributed by atoms with van der Waals surface area (Å²) in [6.07, 6.45) is 61.0. The molecule has 0 radical (unpaired) electrons. The Hall–Kier alpha value is -0.760. The van der Waals surface area contributed by atoms with E-state index in [1.165, 1.54) is 238 Å². The van der Waals surface area contributed by atoms with E-state index < -0.39 is 20.0 Å². The minimum atomic E-state index is -4.57. The normalized spacial score (nSPS) is 14.0. The number of likely N-dealkylation sites (N-methyl/N-ethyl adjacent to an activating group) is 1. The highest BCUT2D eigenvalue weighted by Gasteiger charge is 2.24. The summed E-state index contributed by atoms with van der Waals surface area (Å²) in [6, 6.07) is -0.797. The lowest BCUT2D eigenvalue weighted by Gasteiger charge is -2.30. The molecule has 8 nitrogen and oxygen atoms in total. The van der Waals surface area contributed by atoms with Gasteiger partial charge < -0.3 is 28.8 Å². The van der Waals surface area contributed by atoms with E-state index in [9.17, 15) is 19.4 Å². The lowest BCUT2D eigenvalue weighted by molar-refractivity contribution is -0.870. The fourth-order valence-electron chi connectivity index (χ4n) is 9.10. The summed E-state index contributed by atoms with van der Waals surface area (Å²) in [4.78, 5) is 25.5. The molecule has 400 valence electrons. The minimum Gasteiger partial charge on any atom is -0.756 e. The quantitative estimate of drug-likeness (QED) is 0.0272. The van der Waals surface area contributed by atoms with Gasteiger partial charge >= 0.3 is 0 Å². The summed E-state index contributed by atoms with van der Waals surface area (Å²) >= 11 is 0. The van der Waals surface area contributed by atoms with Gasteiger partial charge in [-0.05, 0) is 38.5 Å². The summed E-state index contributed by atoms with van der Waals surface area (Å²) in [6.45, 7) is 4.77. The molecule has 9 heteroatoms. The molecule has 0 aliphatic rings. The van der Waals surface area contributed by atoms with Crippen LogP contribution in [0.3, 0.4) is 0 Å². The van der Waals surface area contributed by atoms with Gasteiger partial charge in [-0.1, -0.05) is 270 Å². The Kier molecular flexibility index (Phi) is 49.6. The van der Waals surface area contributed by atoms with Gasteiger partial charge in [0.05, 0.1) is 39.9 Å². The zero-order valence-electron chi connectivity index (χ0n) is 45.6. The van der Waals surface area contributed by atoms with Crippen LogP contribution in [0.2, 0.25) is 0 Å². The van der Waals surface area contributed by atoms with Crippen molar-refractivity contribution in [3.63, 3.8) is 0 Å². The summed E-state index contributed by atoms with van der Waals surface area (Å²) in [5, 5.41) is 14.0. The lowest BCUT2D eigenvalue weighted by atomic mass is 10.0. The predicted molar refractivity (Wildman–Crippen MR) is 289 cm³/mol. The molecule has 0 fully saturated rings. The molecule has 0 aromatic heterocycles. The minimum absolute atomic E-state index is 0.0152. The standard InChI is InChI=1S/C58H117N2O6P/c1-6-8-10-12-14-16-18-20-22-24-26-27-28-29-30-31-32-33-34-36-38-40-42-44-46-48-50-52-58(62)59-56(55-66-67(63,64)65-54-53-60(3,4)5)57(61)51-49-47-45-43-41-39-37-35-25-23-21-19-17-15-13-11-9-7-2/h24,26,56-57,61H,6-23,25,27-55H2,1-5H3,(H-,59,62,63,64)/b26-24-. The Bertz CT molecular complexity index is 1100. The first kappa shape index (κ1) is 66.2. The van der Waals surface area contributed by atoms with Crippen LogP contribution in [0.1, 0.15) is 303 Å². The number of rotatable bonds is 55. The summed E-state index contributed by atoms with van der Waals surface area (Å²) < 4.78 is 23.4. The smallest absolute Gasteiger partial charge is 0.268 e. The number of phosphoric ester groups is 1. The van der Waals surface area contributed by atoms with E-state index in [-0.39, 0.29) is 19.1 Å². The summed E-state index contributed by atoms with van der Waals surface area (Å²) in [7, 11) is 1.32. The van der Waals surface area contributed by atoms with Crippen LogP contribution in [0, 0.1) is 0 Å². The second-order valence-corrected chi connectivity index (χ2v) is 23.1. The first-order valence-electron chi connectivity index (χ1n) is 29.5. The number of allylic oxidation sites excluding steroid dienone is 2. The average Bonchev–Trinajstić information content (AvgIpc) is 3.29. The highest BCUT2D eigenvalue weighted by molar-refractivity contribution is 7.45. The first-order chi connectivity index (χ1) is 32.5. The van der Waals surface area contributed by atoms with Crippen LogP contribution in [0.5, 0.6) is 0 Å². The van der Waals surface area contributed by atoms with Crippen molar-refractivity contribution in [2.24, 2.45) is 0 Å². The van der Waals surface area contributed by atoms with Crippen molar-refractivity contribution >= 4 is 13.7 Å². The molecule has 0 aliphatic carbocycles. The van der Waals surface area contributed by atoms with Crippen LogP contribution in [0.4, 0.5) is 0 Å². The second-order valence-electron chi connectivity index (χ2n) is 21.7. The van der Waals surface area contributed by atoms with Gasteiger partial charge in [-0.2, -0.15) is 0 Å². The largest absolute Gasteiger partial charge is 0.756 e. The topological polar surface area (TPSA) is 108 Å². The zero-order valence-corrected chi connectivity index (χ0v) is 46.5. The molecule has 0 saturated heterocycles. The summed E-state index contributed by atoms with van der Waals surface area (Å²) in [5.41, 5.74) is 0. The van der Waals surface area contributed by atoms with E-state index in [4.69, 9.17) is 9.05 Å². The number of carbonyl (C=O) groups is 1. The van der Waals surface area contributed by atoms with Crippen LogP contribution >= 0.6 is 7.82 Å². The van der Waals surface area contributed by atoms with Crippen LogP contribution in [0.25, 0.3) is 0 Å². The number of phosphoric acid groups is 1. The Morgan fingerprint density at radius 3 is 1.16 bits per heavy atom.